The molecule has 146 valence electrons. The number of nitrogens with one attached hydrogen (secondary N) is 1. The highest BCUT2D eigenvalue weighted by molar-refractivity contribution is 7.89. The molecule has 1 amide bonds. The Morgan fingerprint density at radius 1 is 1.30 bits per heavy atom. The minimum absolute atomic E-state index is 0.00390. The number of imidazole rings is 1. The third-order valence-electron chi connectivity index (χ3n) is 4.64. The summed E-state index contributed by atoms with van der Waals surface area (Å²) in [6, 6.07) is 5.58. The molecule has 2 heterocycles. The molecule has 1 fully saturated rings. The lowest BCUT2D eigenvalue weighted by Crippen LogP contribution is -2.43. The number of piperidine rings is 1. The lowest BCUT2D eigenvalue weighted by Gasteiger charge is -2.30. The first-order valence-electron chi connectivity index (χ1n) is 8.87. The summed E-state index contributed by atoms with van der Waals surface area (Å²) in [5.74, 6) is -1.12. The minimum Gasteiger partial charge on any atom is -0.334 e. The van der Waals surface area contributed by atoms with Crippen molar-refractivity contribution in [2.75, 3.05) is 18.4 Å². The van der Waals surface area contributed by atoms with Gasteiger partial charge < -0.3 is 9.88 Å². The van der Waals surface area contributed by atoms with Crippen LogP contribution < -0.4 is 5.32 Å². The molecule has 0 saturated carbocycles. The summed E-state index contributed by atoms with van der Waals surface area (Å²) < 4.78 is 41.8. The first kappa shape index (κ1) is 19.5. The zero-order valence-electron chi connectivity index (χ0n) is 15.3. The second kappa shape index (κ2) is 7.77. The van der Waals surface area contributed by atoms with E-state index in [0.29, 0.717) is 25.1 Å². The zero-order chi connectivity index (χ0) is 19.6. The van der Waals surface area contributed by atoms with Gasteiger partial charge in [-0.25, -0.2) is 17.8 Å². The number of benzene rings is 1. The summed E-state index contributed by atoms with van der Waals surface area (Å²) in [5, 5.41) is 2.72. The lowest BCUT2D eigenvalue weighted by atomic mass is 9.99. The molecule has 1 atom stereocenters. The Hall–Kier alpha value is -2.26. The van der Waals surface area contributed by atoms with Crippen LogP contribution >= 0.6 is 0 Å². The average molecular weight is 394 g/mol. The SMILES string of the molecule is CC(C)n1cnc(S(=O)(=O)N2CCC[C@H](C(=O)Nc3ccc(F)cc3)C2)c1. The zero-order valence-corrected chi connectivity index (χ0v) is 16.1. The number of aromatic nitrogens is 2. The summed E-state index contributed by atoms with van der Waals surface area (Å²) in [4.78, 5) is 16.5. The average Bonchev–Trinajstić information content (AvgIpc) is 3.15. The number of halogens is 1. The van der Waals surface area contributed by atoms with Gasteiger partial charge >= 0.3 is 0 Å². The van der Waals surface area contributed by atoms with E-state index in [-0.39, 0.29) is 29.3 Å². The second-order valence-electron chi connectivity index (χ2n) is 6.95. The second-order valence-corrected chi connectivity index (χ2v) is 8.84. The molecule has 1 aliphatic heterocycles. The van der Waals surface area contributed by atoms with E-state index in [2.05, 4.69) is 10.3 Å². The van der Waals surface area contributed by atoms with Gasteiger partial charge in [0.05, 0.1) is 12.2 Å². The topological polar surface area (TPSA) is 84.3 Å². The van der Waals surface area contributed by atoms with Crippen LogP contribution in [0.25, 0.3) is 0 Å². The summed E-state index contributed by atoms with van der Waals surface area (Å²) >= 11 is 0. The first-order chi connectivity index (χ1) is 12.8. The molecule has 1 saturated heterocycles. The molecular weight excluding hydrogens is 371 g/mol. The van der Waals surface area contributed by atoms with E-state index in [1.807, 2.05) is 13.8 Å². The van der Waals surface area contributed by atoms with Gasteiger partial charge in [0.1, 0.15) is 5.82 Å². The summed E-state index contributed by atoms with van der Waals surface area (Å²) in [5.41, 5.74) is 0.483. The van der Waals surface area contributed by atoms with Gasteiger partial charge in [-0.2, -0.15) is 4.31 Å². The van der Waals surface area contributed by atoms with Crippen LogP contribution in [-0.2, 0) is 14.8 Å². The monoisotopic (exact) mass is 394 g/mol. The molecule has 27 heavy (non-hydrogen) atoms. The normalized spacial score (nSPS) is 18.6. The number of hydrogen-bond acceptors (Lipinski definition) is 4. The van der Waals surface area contributed by atoms with E-state index in [4.69, 9.17) is 0 Å². The van der Waals surface area contributed by atoms with Crippen LogP contribution in [0.15, 0.2) is 41.8 Å². The van der Waals surface area contributed by atoms with Crippen LogP contribution in [0.3, 0.4) is 0 Å². The van der Waals surface area contributed by atoms with Gasteiger partial charge in [-0.1, -0.05) is 0 Å². The fourth-order valence-corrected chi connectivity index (χ4v) is 4.46. The van der Waals surface area contributed by atoms with Crippen molar-refractivity contribution in [2.45, 2.75) is 37.8 Å². The number of nitrogens with zero attached hydrogens (tertiary/aromatic N) is 3. The van der Waals surface area contributed by atoms with E-state index in [1.165, 1.54) is 41.1 Å². The minimum atomic E-state index is -3.75. The number of sulfonamides is 1. The van der Waals surface area contributed by atoms with Crippen molar-refractivity contribution < 1.29 is 17.6 Å². The molecular formula is C18H23FN4O3S. The van der Waals surface area contributed by atoms with Crippen molar-refractivity contribution in [3.05, 3.63) is 42.6 Å². The Labute approximate surface area is 158 Å². The van der Waals surface area contributed by atoms with Gasteiger partial charge in [0.15, 0.2) is 5.03 Å². The molecule has 7 nitrogen and oxygen atoms in total. The smallest absolute Gasteiger partial charge is 0.262 e. The number of carbonyl (C=O) groups is 1. The van der Waals surface area contributed by atoms with Crippen molar-refractivity contribution in [2.24, 2.45) is 5.92 Å². The van der Waals surface area contributed by atoms with Crippen LogP contribution in [-0.4, -0.2) is 41.3 Å². The van der Waals surface area contributed by atoms with Crippen LogP contribution in [0.5, 0.6) is 0 Å². The van der Waals surface area contributed by atoms with Gasteiger partial charge in [0.2, 0.25) is 5.91 Å². The highest BCUT2D eigenvalue weighted by atomic mass is 32.2. The van der Waals surface area contributed by atoms with Crippen molar-refractivity contribution in [1.82, 2.24) is 13.9 Å². The van der Waals surface area contributed by atoms with Crippen LogP contribution in [0, 0.1) is 11.7 Å². The molecule has 0 radical (unpaired) electrons. The third kappa shape index (κ3) is 4.36. The molecule has 9 heteroatoms. The van der Waals surface area contributed by atoms with Crippen LogP contribution in [0.4, 0.5) is 10.1 Å². The summed E-state index contributed by atoms with van der Waals surface area (Å²) in [6.45, 7) is 4.34. The lowest BCUT2D eigenvalue weighted by molar-refractivity contribution is -0.120. The molecule has 0 spiro atoms. The van der Waals surface area contributed by atoms with Crippen LogP contribution in [0.2, 0.25) is 0 Å². The number of carbonyl (C=O) groups excluding carboxylic acids is 1. The van der Waals surface area contributed by atoms with Crippen LogP contribution in [0.1, 0.15) is 32.7 Å². The highest BCUT2D eigenvalue weighted by Crippen LogP contribution is 2.24. The third-order valence-corrected chi connectivity index (χ3v) is 6.40. The number of anilines is 1. The molecule has 0 aliphatic carbocycles. The largest absolute Gasteiger partial charge is 0.334 e. The van der Waals surface area contributed by atoms with E-state index in [0.717, 1.165) is 0 Å². The van der Waals surface area contributed by atoms with Gasteiger partial charge in [0.25, 0.3) is 10.0 Å². The maximum atomic E-state index is 13.0. The Morgan fingerprint density at radius 3 is 2.63 bits per heavy atom. The maximum absolute atomic E-state index is 13.0. The fraction of sp³-hybridized carbons (Fsp3) is 0.444. The molecule has 0 unspecified atom stereocenters. The number of rotatable bonds is 5. The van der Waals surface area contributed by atoms with Gasteiger partial charge in [-0.05, 0) is 51.0 Å². The fourth-order valence-electron chi connectivity index (χ4n) is 3.02. The summed E-state index contributed by atoms with van der Waals surface area (Å²) in [7, 11) is -3.75. The standard InChI is InChI=1S/C18H23FN4O3S/c1-13(2)22-11-17(20-12-22)27(25,26)23-9-3-4-14(10-23)18(24)21-16-7-5-15(19)6-8-16/h5-8,11-14H,3-4,9-10H2,1-2H3,(H,21,24)/t14-/m0/s1. The first-order valence-corrected chi connectivity index (χ1v) is 10.3. The Morgan fingerprint density at radius 2 is 2.00 bits per heavy atom. The molecule has 3 rings (SSSR count). The van der Waals surface area contributed by atoms with Crippen molar-refractivity contribution in [3.8, 4) is 0 Å². The Balaban J connectivity index is 1.70. The van der Waals surface area contributed by atoms with E-state index in [1.54, 1.807) is 4.57 Å². The van der Waals surface area contributed by atoms with E-state index in [9.17, 15) is 17.6 Å². The van der Waals surface area contributed by atoms with Gasteiger partial charge in [-0.3, -0.25) is 4.79 Å². The van der Waals surface area contributed by atoms with Gasteiger partial charge in [-0.15, -0.1) is 0 Å². The van der Waals surface area contributed by atoms with Crippen molar-refractivity contribution in [1.29, 1.82) is 0 Å². The Kier molecular flexibility index (Phi) is 5.61. The molecule has 0 bridgehead atoms. The van der Waals surface area contributed by atoms with Crippen molar-refractivity contribution >= 4 is 21.6 Å². The van der Waals surface area contributed by atoms with Crippen molar-refractivity contribution in [3.63, 3.8) is 0 Å². The quantitative estimate of drug-likeness (QED) is 0.845. The molecule has 2 aromatic rings. The van der Waals surface area contributed by atoms with E-state index >= 15 is 0 Å². The number of amides is 1. The Bertz CT molecular complexity index is 909. The molecule has 1 N–H and O–H groups in total. The summed E-state index contributed by atoms with van der Waals surface area (Å²) in [6.07, 6.45) is 4.20. The molecule has 1 aromatic heterocycles. The highest BCUT2D eigenvalue weighted by Gasteiger charge is 2.34. The predicted octanol–water partition coefficient (Wildman–Crippen LogP) is 2.64. The number of hydrogen-bond donors (Lipinski definition) is 1. The maximum Gasteiger partial charge on any atom is 0.262 e. The molecule has 1 aliphatic rings. The molecule has 1 aromatic carbocycles. The van der Waals surface area contributed by atoms with Gasteiger partial charge in [0, 0.05) is 31.0 Å². The van der Waals surface area contributed by atoms with E-state index < -0.39 is 15.9 Å². The predicted molar refractivity (Wildman–Crippen MR) is 99.1 cm³/mol.